The maximum atomic E-state index is 11.9. The molecule has 0 saturated carbocycles. The van der Waals surface area contributed by atoms with Gasteiger partial charge in [0, 0.05) is 26.8 Å². The number of carbonyl (C=O) groups excluding carboxylic acids is 1. The minimum atomic E-state index is -0.516. The molecular weight excluding hydrogens is 248 g/mol. The molecule has 0 aromatic carbocycles. The van der Waals surface area contributed by atoms with Gasteiger partial charge in [0.2, 0.25) is 12.2 Å². The van der Waals surface area contributed by atoms with Crippen molar-refractivity contribution in [1.82, 2.24) is 19.9 Å². The van der Waals surface area contributed by atoms with Crippen LogP contribution >= 0.6 is 0 Å². The summed E-state index contributed by atoms with van der Waals surface area (Å²) in [6.07, 6.45) is 1.97. The summed E-state index contributed by atoms with van der Waals surface area (Å²) < 4.78 is 12.5. The number of likely N-dealkylation sites (tertiary alicyclic amines) is 1. The molecule has 1 saturated heterocycles. The number of rotatable bonds is 6. The molecule has 1 atom stereocenters. The zero-order valence-electron chi connectivity index (χ0n) is 11.6. The minimum absolute atomic E-state index is 0.0702. The standard InChI is InChI=1S/C12H20N4O3/c1-4-18-12(19-5-2)9-8-16(14-13-9)10-6-7-15(3)11(10)17/h8,10,12H,4-7H2,1-3H3. The van der Waals surface area contributed by atoms with E-state index in [2.05, 4.69) is 10.3 Å². The first-order valence-electron chi connectivity index (χ1n) is 6.57. The fraction of sp³-hybridized carbons (Fsp3) is 0.750. The SMILES string of the molecule is CCOC(OCC)c1cn(C2CCN(C)C2=O)nn1. The van der Waals surface area contributed by atoms with Crippen LogP contribution < -0.4 is 0 Å². The van der Waals surface area contributed by atoms with E-state index in [0.717, 1.165) is 13.0 Å². The van der Waals surface area contributed by atoms with Gasteiger partial charge in [0.25, 0.3) is 0 Å². The Morgan fingerprint density at radius 1 is 1.42 bits per heavy atom. The van der Waals surface area contributed by atoms with Crippen molar-refractivity contribution in [3.05, 3.63) is 11.9 Å². The molecular formula is C12H20N4O3. The number of ether oxygens (including phenoxy) is 2. The van der Waals surface area contributed by atoms with Crippen LogP contribution in [0.15, 0.2) is 6.20 Å². The predicted octanol–water partition coefficient (Wildman–Crippen LogP) is 0.753. The van der Waals surface area contributed by atoms with Crippen LogP contribution in [-0.4, -0.2) is 52.6 Å². The van der Waals surface area contributed by atoms with Crippen LogP contribution in [0.3, 0.4) is 0 Å². The van der Waals surface area contributed by atoms with Crippen molar-refractivity contribution in [1.29, 1.82) is 0 Å². The lowest BCUT2D eigenvalue weighted by molar-refractivity contribution is -0.142. The molecule has 1 aromatic rings. The molecule has 0 spiro atoms. The lowest BCUT2D eigenvalue weighted by Gasteiger charge is -2.13. The Balaban J connectivity index is 2.11. The number of aromatic nitrogens is 3. The van der Waals surface area contributed by atoms with Crippen molar-refractivity contribution in [2.45, 2.75) is 32.6 Å². The number of amides is 1. The molecule has 7 heteroatoms. The van der Waals surface area contributed by atoms with E-state index in [1.54, 1.807) is 22.8 Å². The second-order valence-corrected chi connectivity index (χ2v) is 4.43. The lowest BCUT2D eigenvalue weighted by Crippen LogP contribution is -2.24. The second-order valence-electron chi connectivity index (χ2n) is 4.43. The molecule has 0 N–H and O–H groups in total. The van der Waals surface area contributed by atoms with Crippen LogP contribution in [-0.2, 0) is 14.3 Å². The van der Waals surface area contributed by atoms with Crippen molar-refractivity contribution in [3.8, 4) is 0 Å². The Morgan fingerprint density at radius 2 is 2.11 bits per heavy atom. The van der Waals surface area contributed by atoms with Crippen molar-refractivity contribution < 1.29 is 14.3 Å². The number of carbonyl (C=O) groups is 1. The summed E-state index contributed by atoms with van der Waals surface area (Å²) in [5.74, 6) is 0.0702. The summed E-state index contributed by atoms with van der Waals surface area (Å²) in [5, 5.41) is 8.08. The summed E-state index contributed by atoms with van der Waals surface area (Å²) in [4.78, 5) is 13.6. The first kappa shape index (κ1) is 14.0. The predicted molar refractivity (Wildman–Crippen MR) is 67.3 cm³/mol. The number of nitrogens with zero attached hydrogens (tertiary/aromatic N) is 4. The van der Waals surface area contributed by atoms with E-state index in [-0.39, 0.29) is 11.9 Å². The molecule has 2 heterocycles. The third-order valence-corrected chi connectivity index (χ3v) is 3.12. The Morgan fingerprint density at radius 3 is 2.63 bits per heavy atom. The molecule has 0 aliphatic carbocycles. The first-order valence-corrected chi connectivity index (χ1v) is 6.57. The average Bonchev–Trinajstić information content (AvgIpc) is 2.98. The van der Waals surface area contributed by atoms with Gasteiger partial charge in [-0.25, -0.2) is 4.68 Å². The number of likely N-dealkylation sites (N-methyl/N-ethyl adjacent to an activating group) is 1. The Hall–Kier alpha value is -1.47. The van der Waals surface area contributed by atoms with Gasteiger partial charge in [-0.2, -0.15) is 0 Å². The van der Waals surface area contributed by atoms with Gasteiger partial charge >= 0.3 is 0 Å². The van der Waals surface area contributed by atoms with Crippen LogP contribution in [0.2, 0.25) is 0 Å². The highest BCUT2D eigenvalue weighted by Gasteiger charge is 2.32. The van der Waals surface area contributed by atoms with Crippen LogP contribution in [0.5, 0.6) is 0 Å². The van der Waals surface area contributed by atoms with Gasteiger partial charge < -0.3 is 14.4 Å². The summed E-state index contributed by atoms with van der Waals surface area (Å²) >= 11 is 0. The topological polar surface area (TPSA) is 69.5 Å². The number of hydrogen-bond donors (Lipinski definition) is 0. The zero-order chi connectivity index (χ0) is 13.8. The molecule has 1 aliphatic heterocycles. The molecule has 1 amide bonds. The molecule has 106 valence electrons. The third-order valence-electron chi connectivity index (χ3n) is 3.12. The highest BCUT2D eigenvalue weighted by atomic mass is 16.7. The third kappa shape index (κ3) is 2.93. The molecule has 1 aliphatic rings. The largest absolute Gasteiger partial charge is 0.347 e. The van der Waals surface area contributed by atoms with Gasteiger partial charge in [0.1, 0.15) is 11.7 Å². The Labute approximate surface area is 112 Å². The van der Waals surface area contributed by atoms with Crippen molar-refractivity contribution >= 4 is 5.91 Å². The molecule has 1 aromatic heterocycles. The van der Waals surface area contributed by atoms with Gasteiger partial charge in [-0.15, -0.1) is 5.10 Å². The molecule has 0 radical (unpaired) electrons. The lowest BCUT2D eigenvalue weighted by atomic mass is 10.2. The van der Waals surface area contributed by atoms with E-state index in [1.807, 2.05) is 13.8 Å². The minimum Gasteiger partial charge on any atom is -0.347 e. The fourth-order valence-electron chi connectivity index (χ4n) is 2.12. The van der Waals surface area contributed by atoms with Gasteiger partial charge in [-0.3, -0.25) is 4.79 Å². The van der Waals surface area contributed by atoms with E-state index < -0.39 is 6.29 Å². The van der Waals surface area contributed by atoms with E-state index in [4.69, 9.17) is 9.47 Å². The van der Waals surface area contributed by atoms with Crippen LogP contribution in [0.25, 0.3) is 0 Å². The quantitative estimate of drug-likeness (QED) is 0.712. The summed E-state index contributed by atoms with van der Waals surface area (Å²) in [7, 11) is 1.80. The van der Waals surface area contributed by atoms with Gasteiger partial charge in [0.15, 0.2) is 0 Å². The Kier molecular flexibility index (Phi) is 4.49. The molecule has 0 bridgehead atoms. The van der Waals surface area contributed by atoms with Gasteiger partial charge in [-0.1, -0.05) is 5.21 Å². The van der Waals surface area contributed by atoms with Crippen LogP contribution in [0, 0.1) is 0 Å². The normalized spacial score (nSPS) is 19.7. The molecule has 7 nitrogen and oxygen atoms in total. The summed E-state index contributed by atoms with van der Waals surface area (Å²) in [6.45, 7) is 5.60. The van der Waals surface area contributed by atoms with Crippen LogP contribution in [0.1, 0.15) is 38.3 Å². The van der Waals surface area contributed by atoms with Gasteiger partial charge in [-0.05, 0) is 20.3 Å². The summed E-state index contributed by atoms with van der Waals surface area (Å²) in [6, 6.07) is -0.254. The highest BCUT2D eigenvalue weighted by Crippen LogP contribution is 2.23. The van der Waals surface area contributed by atoms with Gasteiger partial charge in [0.05, 0.1) is 6.20 Å². The summed E-state index contributed by atoms with van der Waals surface area (Å²) in [5.41, 5.74) is 0.603. The zero-order valence-corrected chi connectivity index (χ0v) is 11.6. The number of hydrogen-bond acceptors (Lipinski definition) is 5. The fourth-order valence-corrected chi connectivity index (χ4v) is 2.12. The van der Waals surface area contributed by atoms with E-state index in [1.165, 1.54) is 0 Å². The van der Waals surface area contributed by atoms with Crippen LogP contribution in [0.4, 0.5) is 0 Å². The monoisotopic (exact) mass is 268 g/mol. The van der Waals surface area contributed by atoms with E-state index in [0.29, 0.717) is 18.9 Å². The second kappa shape index (κ2) is 6.12. The van der Waals surface area contributed by atoms with E-state index >= 15 is 0 Å². The highest BCUT2D eigenvalue weighted by molar-refractivity contribution is 5.82. The molecule has 19 heavy (non-hydrogen) atoms. The molecule has 1 unspecified atom stereocenters. The van der Waals surface area contributed by atoms with Crippen molar-refractivity contribution in [2.75, 3.05) is 26.8 Å². The van der Waals surface area contributed by atoms with Crippen molar-refractivity contribution in [3.63, 3.8) is 0 Å². The molecule has 2 rings (SSSR count). The van der Waals surface area contributed by atoms with Crippen molar-refractivity contribution in [2.24, 2.45) is 0 Å². The Bertz CT molecular complexity index is 428. The average molecular weight is 268 g/mol. The maximum Gasteiger partial charge on any atom is 0.247 e. The smallest absolute Gasteiger partial charge is 0.247 e. The maximum absolute atomic E-state index is 11.9. The van der Waals surface area contributed by atoms with E-state index in [9.17, 15) is 4.79 Å². The first-order chi connectivity index (χ1) is 9.17. The molecule has 1 fully saturated rings.